The third-order valence-electron chi connectivity index (χ3n) is 3.94. The van der Waals surface area contributed by atoms with E-state index in [1.807, 2.05) is 0 Å². The predicted octanol–water partition coefficient (Wildman–Crippen LogP) is -0.252. The first kappa shape index (κ1) is 21.5. The second-order valence-electron chi connectivity index (χ2n) is 6.09. The monoisotopic (exact) mass is 411 g/mol. The number of nitrogens with two attached hydrogens (primary N) is 1. The predicted molar refractivity (Wildman–Crippen MR) is 96.8 cm³/mol. The van der Waals surface area contributed by atoms with Crippen molar-refractivity contribution in [2.75, 3.05) is 6.54 Å². The van der Waals surface area contributed by atoms with Crippen LogP contribution in [0, 0.1) is 0 Å². The minimum Gasteiger partial charge on any atom is -0.481 e. The molecule has 11 nitrogen and oxygen atoms in total. The van der Waals surface area contributed by atoms with Gasteiger partial charge in [0.1, 0.15) is 0 Å². The van der Waals surface area contributed by atoms with Gasteiger partial charge in [0.2, 0.25) is 10.0 Å². The largest absolute Gasteiger partial charge is 0.481 e. The zero-order valence-electron chi connectivity index (χ0n) is 14.9. The van der Waals surface area contributed by atoms with Gasteiger partial charge >= 0.3 is 11.9 Å². The van der Waals surface area contributed by atoms with E-state index in [0.29, 0.717) is 25.2 Å². The fraction of sp³-hybridized carbons (Fsp3) is 0.375. The first-order chi connectivity index (χ1) is 13.2. The molecule has 0 amide bonds. The van der Waals surface area contributed by atoms with Crippen LogP contribution < -0.4 is 10.5 Å². The third-order valence-corrected chi connectivity index (χ3v) is 4.87. The fourth-order valence-corrected chi connectivity index (χ4v) is 2.99. The maximum atomic E-state index is 11.3. The number of hydrogen-bond donors (Lipinski definition) is 4. The van der Waals surface area contributed by atoms with Gasteiger partial charge in [0.15, 0.2) is 6.04 Å². The van der Waals surface area contributed by atoms with E-state index < -0.39 is 28.0 Å². The SMILES string of the molecule is NS(=O)(=O)c1ccc(CCNCc2cn([C@@H](CCC(=O)O)C(=O)O)nn2)cc1. The molecule has 1 aromatic carbocycles. The fourth-order valence-electron chi connectivity index (χ4n) is 2.47. The first-order valence-electron chi connectivity index (χ1n) is 8.34. The highest BCUT2D eigenvalue weighted by Gasteiger charge is 2.22. The minimum atomic E-state index is -3.71. The van der Waals surface area contributed by atoms with E-state index in [1.54, 1.807) is 12.1 Å². The Morgan fingerprint density at radius 1 is 1.21 bits per heavy atom. The van der Waals surface area contributed by atoms with Crippen LogP contribution in [0.25, 0.3) is 0 Å². The zero-order valence-corrected chi connectivity index (χ0v) is 15.7. The maximum absolute atomic E-state index is 11.3. The van der Waals surface area contributed by atoms with Gasteiger partial charge in [0, 0.05) is 13.0 Å². The number of primary sulfonamides is 1. The van der Waals surface area contributed by atoms with Crippen molar-refractivity contribution in [2.45, 2.75) is 36.7 Å². The average molecular weight is 411 g/mol. The third kappa shape index (κ3) is 6.40. The van der Waals surface area contributed by atoms with E-state index in [2.05, 4.69) is 15.6 Å². The highest BCUT2D eigenvalue weighted by molar-refractivity contribution is 7.89. The highest BCUT2D eigenvalue weighted by Crippen LogP contribution is 2.13. The topological polar surface area (TPSA) is 178 Å². The van der Waals surface area contributed by atoms with E-state index in [1.165, 1.54) is 18.3 Å². The molecule has 0 aliphatic heterocycles. The normalized spacial score (nSPS) is 12.6. The Morgan fingerprint density at radius 2 is 1.89 bits per heavy atom. The van der Waals surface area contributed by atoms with Crippen LogP contribution in [0.4, 0.5) is 0 Å². The summed E-state index contributed by atoms with van der Waals surface area (Å²) in [7, 11) is -3.71. The number of benzene rings is 1. The van der Waals surface area contributed by atoms with E-state index in [4.69, 9.17) is 10.2 Å². The number of carboxylic acids is 2. The summed E-state index contributed by atoms with van der Waals surface area (Å²) in [5.74, 6) is -2.25. The number of nitrogens with zero attached hydrogens (tertiary/aromatic N) is 3. The summed E-state index contributed by atoms with van der Waals surface area (Å²) in [6.07, 6.45) is 1.73. The number of aromatic nitrogens is 3. The number of rotatable bonds is 11. The molecule has 1 heterocycles. The van der Waals surface area contributed by atoms with Crippen molar-refractivity contribution in [1.29, 1.82) is 0 Å². The molecule has 2 rings (SSSR count). The summed E-state index contributed by atoms with van der Waals surface area (Å²) in [5.41, 5.74) is 1.44. The second kappa shape index (κ2) is 9.39. The Bertz CT molecular complexity index is 925. The van der Waals surface area contributed by atoms with Crippen LogP contribution in [-0.4, -0.2) is 52.1 Å². The second-order valence-corrected chi connectivity index (χ2v) is 7.65. The molecule has 0 unspecified atom stereocenters. The van der Waals surface area contributed by atoms with Crippen LogP contribution in [0.15, 0.2) is 35.4 Å². The highest BCUT2D eigenvalue weighted by atomic mass is 32.2. The molecule has 152 valence electrons. The molecule has 2 aromatic rings. The molecule has 0 bridgehead atoms. The lowest BCUT2D eigenvalue weighted by Crippen LogP contribution is -2.21. The van der Waals surface area contributed by atoms with Gasteiger partial charge in [-0.25, -0.2) is 23.0 Å². The van der Waals surface area contributed by atoms with Crippen molar-refractivity contribution < 1.29 is 28.2 Å². The van der Waals surface area contributed by atoms with Crippen molar-refractivity contribution in [1.82, 2.24) is 20.3 Å². The molecular formula is C16H21N5O6S. The van der Waals surface area contributed by atoms with Crippen LogP contribution >= 0.6 is 0 Å². The van der Waals surface area contributed by atoms with E-state index >= 15 is 0 Å². The number of hydrogen-bond acceptors (Lipinski definition) is 7. The molecule has 28 heavy (non-hydrogen) atoms. The van der Waals surface area contributed by atoms with Crippen molar-refractivity contribution in [3.05, 3.63) is 41.7 Å². The van der Waals surface area contributed by atoms with E-state index in [0.717, 1.165) is 10.2 Å². The average Bonchev–Trinajstić information content (AvgIpc) is 3.06. The molecule has 0 aliphatic carbocycles. The van der Waals surface area contributed by atoms with Crippen LogP contribution in [-0.2, 0) is 32.6 Å². The first-order valence-corrected chi connectivity index (χ1v) is 9.89. The summed E-state index contributed by atoms with van der Waals surface area (Å²) in [6.45, 7) is 0.920. The van der Waals surface area contributed by atoms with E-state index in [9.17, 15) is 23.1 Å². The number of carboxylic acid groups (broad SMARTS) is 2. The van der Waals surface area contributed by atoms with Crippen LogP contribution in [0.1, 0.15) is 30.1 Å². The van der Waals surface area contributed by atoms with Gasteiger partial charge in [0.05, 0.1) is 16.8 Å². The smallest absolute Gasteiger partial charge is 0.328 e. The van der Waals surface area contributed by atoms with Crippen molar-refractivity contribution in [3.63, 3.8) is 0 Å². The Labute approximate surface area is 161 Å². The molecule has 0 aliphatic rings. The molecule has 12 heteroatoms. The lowest BCUT2D eigenvalue weighted by atomic mass is 10.1. The molecule has 0 saturated heterocycles. The molecule has 0 fully saturated rings. The van der Waals surface area contributed by atoms with Crippen LogP contribution in [0.3, 0.4) is 0 Å². The van der Waals surface area contributed by atoms with Gasteiger partial charge in [-0.15, -0.1) is 5.10 Å². The zero-order chi connectivity index (χ0) is 20.7. The molecule has 0 radical (unpaired) electrons. The standard InChI is InChI=1S/C16H21N5O6S/c17-28(26,27)13-3-1-11(2-4-13)7-8-18-9-12-10-21(20-19-12)14(16(24)25)5-6-15(22)23/h1-4,10,14,18H,5-9H2,(H,22,23)(H,24,25)(H2,17,26,27)/t14-/m0/s1. The summed E-state index contributed by atoms with van der Waals surface area (Å²) >= 11 is 0. The number of carbonyl (C=O) groups is 2. The van der Waals surface area contributed by atoms with Crippen molar-refractivity contribution in [3.8, 4) is 0 Å². The maximum Gasteiger partial charge on any atom is 0.328 e. The van der Waals surface area contributed by atoms with Crippen molar-refractivity contribution in [2.24, 2.45) is 5.14 Å². The Morgan fingerprint density at radius 3 is 2.46 bits per heavy atom. The summed E-state index contributed by atoms with van der Waals surface area (Å²) < 4.78 is 23.6. The van der Waals surface area contributed by atoms with Gasteiger partial charge in [-0.1, -0.05) is 17.3 Å². The quantitative estimate of drug-likeness (QED) is 0.363. The number of nitrogens with one attached hydrogen (secondary N) is 1. The van der Waals surface area contributed by atoms with Crippen LogP contribution in [0.2, 0.25) is 0 Å². The van der Waals surface area contributed by atoms with Crippen LogP contribution in [0.5, 0.6) is 0 Å². The molecule has 5 N–H and O–H groups in total. The minimum absolute atomic E-state index is 0.0525. The molecule has 0 spiro atoms. The summed E-state index contributed by atoms with van der Waals surface area (Å²) in [5, 5.41) is 33.8. The van der Waals surface area contributed by atoms with Gasteiger partial charge < -0.3 is 15.5 Å². The number of aliphatic carboxylic acids is 2. The van der Waals surface area contributed by atoms with Gasteiger partial charge in [0.25, 0.3) is 0 Å². The summed E-state index contributed by atoms with van der Waals surface area (Å²) in [6, 6.07) is 5.16. The summed E-state index contributed by atoms with van der Waals surface area (Å²) in [4.78, 5) is 22.0. The van der Waals surface area contributed by atoms with Gasteiger partial charge in [-0.05, 0) is 37.1 Å². The lowest BCUT2D eigenvalue weighted by Gasteiger charge is -2.10. The molecule has 0 saturated carbocycles. The van der Waals surface area contributed by atoms with Crippen molar-refractivity contribution >= 4 is 22.0 Å². The lowest BCUT2D eigenvalue weighted by molar-refractivity contribution is -0.142. The van der Waals surface area contributed by atoms with E-state index in [-0.39, 0.29) is 17.7 Å². The number of sulfonamides is 1. The molecule has 1 atom stereocenters. The Kier molecular flexibility index (Phi) is 7.20. The van der Waals surface area contributed by atoms with Gasteiger partial charge in [-0.3, -0.25) is 4.79 Å². The Balaban J connectivity index is 1.83. The Hall–Kier alpha value is -2.83. The molecular weight excluding hydrogens is 390 g/mol. The van der Waals surface area contributed by atoms with Gasteiger partial charge in [-0.2, -0.15) is 0 Å². The molecule has 1 aromatic heterocycles.